The van der Waals surface area contributed by atoms with Crippen molar-refractivity contribution in [1.29, 1.82) is 0 Å². The molecule has 2 atom stereocenters. The number of amides is 2. The molecule has 0 spiro atoms. The summed E-state index contributed by atoms with van der Waals surface area (Å²) in [6.07, 6.45) is 7.27. The van der Waals surface area contributed by atoms with Crippen LogP contribution in [0.15, 0.2) is 24.3 Å². The molecule has 172 valence electrons. The monoisotopic (exact) mass is 429 g/mol. The van der Waals surface area contributed by atoms with Crippen LogP contribution in [-0.4, -0.2) is 55.6 Å². The highest BCUT2D eigenvalue weighted by molar-refractivity contribution is 5.86. The molecule has 2 aliphatic rings. The van der Waals surface area contributed by atoms with Crippen LogP contribution in [0.2, 0.25) is 0 Å². The van der Waals surface area contributed by atoms with Crippen molar-refractivity contribution >= 4 is 17.5 Å². The third-order valence-electron chi connectivity index (χ3n) is 6.55. The van der Waals surface area contributed by atoms with Gasteiger partial charge in [-0.3, -0.25) is 9.59 Å². The van der Waals surface area contributed by atoms with Gasteiger partial charge in [0.2, 0.25) is 11.8 Å². The van der Waals surface area contributed by atoms with E-state index in [0.717, 1.165) is 12.1 Å². The summed E-state index contributed by atoms with van der Waals surface area (Å²) in [4.78, 5) is 27.9. The summed E-state index contributed by atoms with van der Waals surface area (Å²) in [5.41, 5.74) is 2.27. The zero-order chi connectivity index (χ0) is 22.1. The Morgan fingerprint density at radius 1 is 1.10 bits per heavy atom. The van der Waals surface area contributed by atoms with E-state index in [0.29, 0.717) is 45.2 Å². The number of hydrogen-bond acceptors (Lipinski definition) is 4. The van der Waals surface area contributed by atoms with Gasteiger partial charge in [0.05, 0.1) is 13.2 Å². The average Bonchev–Trinajstić information content (AvgIpc) is 2.79. The van der Waals surface area contributed by atoms with Crippen molar-refractivity contribution in [1.82, 2.24) is 10.2 Å². The maximum atomic E-state index is 13.2. The van der Waals surface area contributed by atoms with Crippen LogP contribution in [0.3, 0.4) is 0 Å². The first-order valence-corrected chi connectivity index (χ1v) is 12.0. The van der Waals surface area contributed by atoms with E-state index < -0.39 is 0 Å². The molecule has 1 aromatic carbocycles. The summed E-state index contributed by atoms with van der Waals surface area (Å²) in [6.45, 7) is 7.18. The van der Waals surface area contributed by atoms with Gasteiger partial charge >= 0.3 is 0 Å². The Hall–Kier alpha value is -2.08. The number of rotatable bonds is 9. The topological polar surface area (TPSA) is 70.7 Å². The molecule has 6 nitrogen and oxygen atoms in total. The van der Waals surface area contributed by atoms with Crippen molar-refractivity contribution in [3.8, 4) is 0 Å². The van der Waals surface area contributed by atoms with Crippen LogP contribution < -0.4 is 10.6 Å². The molecule has 1 heterocycles. The van der Waals surface area contributed by atoms with E-state index in [4.69, 9.17) is 4.74 Å². The van der Waals surface area contributed by atoms with E-state index in [1.165, 1.54) is 37.7 Å². The predicted molar refractivity (Wildman–Crippen MR) is 124 cm³/mol. The first-order chi connectivity index (χ1) is 15.0. The Balaban J connectivity index is 1.54. The number of ether oxygens (including phenoxy) is 1. The second-order valence-electron chi connectivity index (χ2n) is 9.29. The number of nitrogens with zero attached hydrogens (tertiary/aromatic N) is 1. The van der Waals surface area contributed by atoms with Gasteiger partial charge in [0.1, 0.15) is 0 Å². The van der Waals surface area contributed by atoms with Gasteiger partial charge in [0.15, 0.2) is 0 Å². The Labute approximate surface area is 187 Å². The lowest BCUT2D eigenvalue weighted by molar-refractivity contribution is -0.140. The molecule has 0 bridgehead atoms. The van der Waals surface area contributed by atoms with Crippen molar-refractivity contribution in [3.05, 3.63) is 29.8 Å². The van der Waals surface area contributed by atoms with E-state index in [1.807, 2.05) is 11.8 Å². The number of carbonyl (C=O) groups excluding carboxylic acids is 2. The van der Waals surface area contributed by atoms with E-state index in [1.54, 1.807) is 0 Å². The van der Waals surface area contributed by atoms with Crippen molar-refractivity contribution in [3.63, 3.8) is 0 Å². The number of morpholine rings is 1. The highest BCUT2D eigenvalue weighted by atomic mass is 16.5. The van der Waals surface area contributed by atoms with Crippen LogP contribution in [0.4, 0.5) is 5.69 Å². The lowest BCUT2D eigenvalue weighted by Crippen LogP contribution is -2.45. The fraction of sp³-hybridized carbons (Fsp3) is 0.680. The minimum absolute atomic E-state index is 0.0128. The van der Waals surface area contributed by atoms with Gasteiger partial charge in [-0.05, 0) is 38.3 Å². The molecule has 2 amide bonds. The summed E-state index contributed by atoms with van der Waals surface area (Å²) in [5, 5.41) is 6.55. The standard InChI is InChI=1S/C25H39N3O3/c1-19-8-10-23(11-9-19)26-18-20(2)27-25(30)22(16-21-6-4-3-5-7-21)17-24(29)28-12-14-31-15-13-28/h8-11,20-22,26H,3-7,12-18H2,1-2H3,(H,27,30)/t20-,22+/m0/s1. The molecule has 0 radical (unpaired) electrons. The van der Waals surface area contributed by atoms with Crippen LogP contribution in [0.25, 0.3) is 0 Å². The number of anilines is 1. The molecule has 1 aromatic rings. The van der Waals surface area contributed by atoms with Crippen LogP contribution in [0, 0.1) is 18.8 Å². The molecular formula is C25H39N3O3. The minimum atomic E-state index is -0.250. The van der Waals surface area contributed by atoms with Gasteiger partial charge in [0, 0.05) is 43.7 Å². The smallest absolute Gasteiger partial charge is 0.223 e. The minimum Gasteiger partial charge on any atom is -0.383 e. The quantitative estimate of drug-likeness (QED) is 0.627. The van der Waals surface area contributed by atoms with Crippen molar-refractivity contribution < 1.29 is 14.3 Å². The number of carbonyl (C=O) groups is 2. The van der Waals surface area contributed by atoms with Gasteiger partial charge in [0.25, 0.3) is 0 Å². The fourth-order valence-corrected chi connectivity index (χ4v) is 4.62. The van der Waals surface area contributed by atoms with Crippen LogP contribution in [0.1, 0.15) is 57.4 Å². The zero-order valence-electron chi connectivity index (χ0n) is 19.2. The number of benzene rings is 1. The summed E-state index contributed by atoms with van der Waals surface area (Å²) in [5.74, 6) is 0.415. The molecule has 2 N–H and O–H groups in total. The summed E-state index contributed by atoms with van der Waals surface area (Å²) in [6, 6.07) is 8.24. The number of hydrogen-bond donors (Lipinski definition) is 2. The van der Waals surface area contributed by atoms with E-state index in [9.17, 15) is 9.59 Å². The molecule has 1 aliphatic carbocycles. The normalized spacial score (nSPS) is 19.5. The van der Waals surface area contributed by atoms with E-state index in [2.05, 4.69) is 41.8 Å². The Kier molecular flexibility index (Phi) is 9.19. The maximum Gasteiger partial charge on any atom is 0.223 e. The Bertz CT molecular complexity index is 694. The zero-order valence-corrected chi connectivity index (χ0v) is 19.2. The molecule has 3 rings (SSSR count). The van der Waals surface area contributed by atoms with Crippen molar-refractivity contribution in [2.75, 3.05) is 38.2 Å². The largest absolute Gasteiger partial charge is 0.383 e. The van der Waals surface area contributed by atoms with Gasteiger partial charge < -0.3 is 20.3 Å². The van der Waals surface area contributed by atoms with Crippen molar-refractivity contribution in [2.45, 2.75) is 64.8 Å². The average molecular weight is 430 g/mol. The molecule has 1 aliphatic heterocycles. The fourth-order valence-electron chi connectivity index (χ4n) is 4.62. The summed E-state index contributed by atoms with van der Waals surface area (Å²) in [7, 11) is 0. The second kappa shape index (κ2) is 12.1. The van der Waals surface area contributed by atoms with Crippen LogP contribution in [-0.2, 0) is 14.3 Å². The van der Waals surface area contributed by atoms with Gasteiger partial charge in [-0.1, -0.05) is 49.8 Å². The number of aryl methyl sites for hydroxylation is 1. The first kappa shape index (κ1) is 23.6. The van der Waals surface area contributed by atoms with E-state index >= 15 is 0 Å². The SMILES string of the molecule is Cc1ccc(NC[C@H](C)NC(=O)[C@@H](CC(=O)N2CCOCC2)CC2CCCCC2)cc1. The molecule has 0 unspecified atom stereocenters. The summed E-state index contributed by atoms with van der Waals surface area (Å²) >= 11 is 0. The Morgan fingerprint density at radius 2 is 1.77 bits per heavy atom. The first-order valence-electron chi connectivity index (χ1n) is 12.0. The third-order valence-corrected chi connectivity index (χ3v) is 6.55. The molecule has 6 heteroatoms. The predicted octanol–water partition coefficient (Wildman–Crippen LogP) is 3.75. The summed E-state index contributed by atoms with van der Waals surface area (Å²) < 4.78 is 5.37. The molecule has 1 saturated heterocycles. The molecule has 2 fully saturated rings. The van der Waals surface area contributed by atoms with Gasteiger partial charge in [-0.25, -0.2) is 0 Å². The highest BCUT2D eigenvalue weighted by Crippen LogP contribution is 2.30. The van der Waals surface area contributed by atoms with Gasteiger partial charge in [-0.15, -0.1) is 0 Å². The van der Waals surface area contributed by atoms with Crippen molar-refractivity contribution in [2.24, 2.45) is 11.8 Å². The van der Waals surface area contributed by atoms with Gasteiger partial charge in [-0.2, -0.15) is 0 Å². The Morgan fingerprint density at radius 3 is 2.45 bits per heavy atom. The third kappa shape index (κ3) is 7.84. The molecule has 0 aromatic heterocycles. The molecular weight excluding hydrogens is 390 g/mol. The molecule has 31 heavy (non-hydrogen) atoms. The lowest BCUT2D eigenvalue weighted by atomic mass is 9.81. The number of nitrogens with one attached hydrogen (secondary N) is 2. The second-order valence-corrected chi connectivity index (χ2v) is 9.29. The lowest BCUT2D eigenvalue weighted by Gasteiger charge is -2.30. The van der Waals surface area contributed by atoms with E-state index in [-0.39, 0.29) is 23.8 Å². The van der Waals surface area contributed by atoms with Crippen LogP contribution >= 0.6 is 0 Å². The molecule has 1 saturated carbocycles. The maximum absolute atomic E-state index is 13.2. The van der Waals surface area contributed by atoms with Crippen LogP contribution in [0.5, 0.6) is 0 Å². The highest BCUT2D eigenvalue weighted by Gasteiger charge is 2.29.